The summed E-state index contributed by atoms with van der Waals surface area (Å²) in [7, 11) is 0. The molecule has 1 aromatic heterocycles. The van der Waals surface area contributed by atoms with Gasteiger partial charge in [-0.3, -0.25) is 4.90 Å². The van der Waals surface area contributed by atoms with Crippen LogP contribution < -0.4 is 10.6 Å². The molecule has 1 aromatic rings. The molecule has 1 aliphatic heterocycles. The molecule has 0 aromatic carbocycles. The fraction of sp³-hybridized carbons (Fsp3) is 0.222. The molecule has 0 fully saturated rings. The van der Waals surface area contributed by atoms with E-state index in [-0.39, 0.29) is 0 Å². The van der Waals surface area contributed by atoms with Gasteiger partial charge in [0.05, 0.1) is 5.70 Å². The number of aromatic nitrogens is 1. The molecule has 2 heterocycles. The Morgan fingerprint density at radius 3 is 3.07 bits per heavy atom. The summed E-state index contributed by atoms with van der Waals surface area (Å²) in [5.41, 5.74) is 6.04. The SMILES string of the molecule is Cc1cnc(N2C=CC=C(N)C2O)s1. The maximum atomic E-state index is 9.75. The van der Waals surface area contributed by atoms with E-state index < -0.39 is 6.23 Å². The molecule has 1 unspecified atom stereocenters. The molecular weight excluding hydrogens is 198 g/mol. The van der Waals surface area contributed by atoms with Crippen LogP contribution in [0.25, 0.3) is 0 Å². The molecule has 5 heteroatoms. The van der Waals surface area contributed by atoms with Crippen molar-refractivity contribution in [2.75, 3.05) is 4.90 Å². The lowest BCUT2D eigenvalue weighted by Crippen LogP contribution is -2.36. The topological polar surface area (TPSA) is 62.4 Å². The third-order valence-electron chi connectivity index (χ3n) is 1.93. The highest BCUT2D eigenvalue weighted by Crippen LogP contribution is 2.25. The number of hydrogen-bond acceptors (Lipinski definition) is 5. The van der Waals surface area contributed by atoms with Crippen LogP contribution in [0, 0.1) is 6.92 Å². The number of aliphatic hydroxyl groups is 1. The van der Waals surface area contributed by atoms with E-state index in [4.69, 9.17) is 5.73 Å². The average Bonchev–Trinajstić information content (AvgIpc) is 2.57. The minimum Gasteiger partial charge on any atom is -0.398 e. The number of nitrogens with two attached hydrogens (primary N) is 1. The van der Waals surface area contributed by atoms with Crippen LogP contribution in [0.4, 0.5) is 5.13 Å². The van der Waals surface area contributed by atoms with E-state index in [2.05, 4.69) is 4.98 Å². The van der Waals surface area contributed by atoms with Gasteiger partial charge in [0, 0.05) is 17.3 Å². The predicted octanol–water partition coefficient (Wildman–Crippen LogP) is 0.946. The van der Waals surface area contributed by atoms with Crippen molar-refractivity contribution in [3.05, 3.63) is 35.1 Å². The zero-order valence-corrected chi connectivity index (χ0v) is 8.53. The average molecular weight is 209 g/mol. The quantitative estimate of drug-likeness (QED) is 0.722. The van der Waals surface area contributed by atoms with Gasteiger partial charge in [0.2, 0.25) is 0 Å². The van der Waals surface area contributed by atoms with Crippen molar-refractivity contribution in [2.24, 2.45) is 5.73 Å². The van der Waals surface area contributed by atoms with Gasteiger partial charge in [-0.25, -0.2) is 4.98 Å². The monoisotopic (exact) mass is 209 g/mol. The number of aryl methyl sites for hydroxylation is 1. The first-order chi connectivity index (χ1) is 6.68. The molecule has 74 valence electrons. The maximum absolute atomic E-state index is 9.75. The second-order valence-electron chi connectivity index (χ2n) is 3.04. The lowest BCUT2D eigenvalue weighted by molar-refractivity contribution is 0.212. The summed E-state index contributed by atoms with van der Waals surface area (Å²) in [6, 6.07) is 0. The Bertz CT molecular complexity index is 397. The smallest absolute Gasteiger partial charge is 0.192 e. The van der Waals surface area contributed by atoms with Crippen molar-refractivity contribution in [1.29, 1.82) is 0 Å². The number of aliphatic hydroxyl groups excluding tert-OH is 1. The van der Waals surface area contributed by atoms with Crippen LogP contribution in [0.5, 0.6) is 0 Å². The number of rotatable bonds is 1. The fourth-order valence-electron chi connectivity index (χ4n) is 1.21. The molecule has 0 saturated heterocycles. The maximum Gasteiger partial charge on any atom is 0.192 e. The third-order valence-corrected chi connectivity index (χ3v) is 2.85. The Morgan fingerprint density at radius 1 is 1.64 bits per heavy atom. The Balaban J connectivity index is 2.28. The van der Waals surface area contributed by atoms with Crippen molar-refractivity contribution in [3.8, 4) is 0 Å². The van der Waals surface area contributed by atoms with Gasteiger partial charge in [-0.2, -0.15) is 0 Å². The van der Waals surface area contributed by atoms with Gasteiger partial charge in [0.15, 0.2) is 11.4 Å². The van der Waals surface area contributed by atoms with Crippen LogP contribution in [0.15, 0.2) is 30.2 Å². The van der Waals surface area contributed by atoms with Gasteiger partial charge >= 0.3 is 0 Å². The number of nitrogens with zero attached hydrogens (tertiary/aromatic N) is 2. The summed E-state index contributed by atoms with van der Waals surface area (Å²) < 4.78 is 0. The number of anilines is 1. The molecule has 0 radical (unpaired) electrons. The van der Waals surface area contributed by atoms with Crippen molar-refractivity contribution in [1.82, 2.24) is 4.98 Å². The van der Waals surface area contributed by atoms with Gasteiger partial charge in [-0.1, -0.05) is 0 Å². The van der Waals surface area contributed by atoms with Gasteiger partial charge in [0.1, 0.15) is 0 Å². The molecule has 1 aliphatic rings. The highest BCUT2D eigenvalue weighted by atomic mass is 32.1. The summed E-state index contributed by atoms with van der Waals surface area (Å²) in [5, 5.41) is 10.5. The molecule has 4 nitrogen and oxygen atoms in total. The first-order valence-corrected chi connectivity index (χ1v) is 5.03. The van der Waals surface area contributed by atoms with Crippen LogP contribution in [0.2, 0.25) is 0 Å². The molecule has 0 amide bonds. The van der Waals surface area contributed by atoms with Gasteiger partial charge in [-0.05, 0) is 19.1 Å². The van der Waals surface area contributed by atoms with Crippen LogP contribution in [-0.4, -0.2) is 16.3 Å². The van der Waals surface area contributed by atoms with E-state index in [1.54, 1.807) is 29.4 Å². The fourth-order valence-corrected chi connectivity index (χ4v) is 1.97. The van der Waals surface area contributed by atoms with Crippen LogP contribution in [0.1, 0.15) is 4.88 Å². The number of allylic oxidation sites excluding steroid dienone is 2. The standard InChI is InChI=1S/C9H11N3OS/c1-6-5-11-9(14-6)12-4-2-3-7(10)8(12)13/h2-5,8,13H,10H2,1H3. The lowest BCUT2D eigenvalue weighted by Gasteiger charge is -2.26. The molecule has 3 N–H and O–H groups in total. The highest BCUT2D eigenvalue weighted by molar-refractivity contribution is 7.15. The minimum atomic E-state index is -0.800. The van der Waals surface area contributed by atoms with E-state index >= 15 is 0 Å². The summed E-state index contributed by atoms with van der Waals surface area (Å²) in [5.74, 6) is 0. The molecular formula is C9H11N3OS. The second kappa shape index (κ2) is 3.43. The van der Waals surface area contributed by atoms with Gasteiger partial charge in [-0.15, -0.1) is 11.3 Å². The van der Waals surface area contributed by atoms with E-state index in [1.165, 1.54) is 11.3 Å². The zero-order valence-electron chi connectivity index (χ0n) is 7.71. The van der Waals surface area contributed by atoms with Crippen molar-refractivity contribution in [2.45, 2.75) is 13.2 Å². The molecule has 14 heavy (non-hydrogen) atoms. The lowest BCUT2D eigenvalue weighted by atomic mass is 10.3. The van der Waals surface area contributed by atoms with Crippen molar-refractivity contribution in [3.63, 3.8) is 0 Å². The Labute approximate surface area is 86.0 Å². The Kier molecular flexibility index (Phi) is 2.26. The van der Waals surface area contributed by atoms with Crippen molar-refractivity contribution >= 4 is 16.5 Å². The molecule has 0 bridgehead atoms. The molecule has 2 rings (SSSR count). The highest BCUT2D eigenvalue weighted by Gasteiger charge is 2.20. The van der Waals surface area contributed by atoms with Crippen molar-refractivity contribution < 1.29 is 5.11 Å². The number of hydrogen-bond donors (Lipinski definition) is 2. The normalized spacial score (nSPS) is 21.1. The molecule has 0 aliphatic carbocycles. The first-order valence-electron chi connectivity index (χ1n) is 4.21. The Hall–Kier alpha value is -1.33. The van der Waals surface area contributed by atoms with Gasteiger partial charge < -0.3 is 10.8 Å². The zero-order chi connectivity index (χ0) is 10.1. The third kappa shape index (κ3) is 1.51. The van der Waals surface area contributed by atoms with Gasteiger partial charge in [0.25, 0.3) is 0 Å². The summed E-state index contributed by atoms with van der Waals surface area (Å²) in [6.07, 6.45) is 6.21. The number of thiazole rings is 1. The minimum absolute atomic E-state index is 0.431. The molecule has 0 saturated carbocycles. The molecule has 0 spiro atoms. The van der Waals surface area contributed by atoms with E-state index in [9.17, 15) is 5.11 Å². The van der Waals surface area contributed by atoms with E-state index in [0.717, 1.165) is 10.0 Å². The Morgan fingerprint density at radius 2 is 2.43 bits per heavy atom. The van der Waals surface area contributed by atoms with Crippen LogP contribution in [-0.2, 0) is 0 Å². The summed E-state index contributed by atoms with van der Waals surface area (Å²) in [6.45, 7) is 1.97. The molecule has 1 atom stereocenters. The predicted molar refractivity (Wildman–Crippen MR) is 56.7 cm³/mol. The summed E-state index contributed by atoms with van der Waals surface area (Å²) in [4.78, 5) is 6.93. The largest absolute Gasteiger partial charge is 0.398 e. The van der Waals surface area contributed by atoms with Crippen LogP contribution in [0.3, 0.4) is 0 Å². The first kappa shape index (κ1) is 9.23. The second-order valence-corrected chi connectivity index (χ2v) is 4.26. The van der Waals surface area contributed by atoms with E-state index in [1.807, 2.05) is 6.92 Å². The van der Waals surface area contributed by atoms with E-state index in [0.29, 0.717) is 5.70 Å². The summed E-state index contributed by atoms with van der Waals surface area (Å²) >= 11 is 1.52. The van der Waals surface area contributed by atoms with Crippen LogP contribution >= 0.6 is 11.3 Å².